The maximum Gasteiger partial charge on any atom is 0.360 e. The number of hydrogen-bond acceptors (Lipinski definition) is 4. The Hall–Kier alpha value is -2.37. The van der Waals surface area contributed by atoms with E-state index in [0.717, 1.165) is 42.7 Å². The number of aryl methyl sites for hydroxylation is 2. The molecule has 1 N–H and O–H groups in total. The van der Waals surface area contributed by atoms with E-state index < -0.39 is 5.97 Å². The first kappa shape index (κ1) is 13.6. The Kier molecular flexibility index (Phi) is 3.37. The lowest BCUT2D eigenvalue weighted by Crippen LogP contribution is -2.20. The summed E-state index contributed by atoms with van der Waals surface area (Å²) in [7, 11) is 0. The summed E-state index contributed by atoms with van der Waals surface area (Å²) in [4.78, 5) is 14.8. The van der Waals surface area contributed by atoms with E-state index in [4.69, 9.17) is 0 Å². The molecule has 1 aliphatic rings. The van der Waals surface area contributed by atoms with Gasteiger partial charge in [0.25, 0.3) is 0 Å². The summed E-state index contributed by atoms with van der Waals surface area (Å²) in [6.07, 6.45) is 2.13. The lowest BCUT2D eigenvalue weighted by atomic mass is 10.1. The third-order valence-corrected chi connectivity index (χ3v) is 3.64. The highest BCUT2D eigenvalue weighted by molar-refractivity contribution is 5.91. The average Bonchev–Trinajstić information content (AvgIpc) is 3.06. The van der Waals surface area contributed by atoms with Gasteiger partial charge >= 0.3 is 5.97 Å². The van der Waals surface area contributed by atoms with E-state index in [1.54, 1.807) is 0 Å². The van der Waals surface area contributed by atoms with E-state index in [2.05, 4.69) is 16.3 Å². The van der Waals surface area contributed by atoms with Crippen LogP contribution in [0.3, 0.4) is 0 Å². The molecule has 0 radical (unpaired) electrons. The van der Waals surface area contributed by atoms with Crippen LogP contribution in [0.25, 0.3) is 5.69 Å². The fraction of sp³-hybridized carbons (Fsp3) is 0.400. The Bertz CT molecular complexity index is 667. The van der Waals surface area contributed by atoms with Crippen LogP contribution < -0.4 is 4.90 Å². The zero-order valence-electron chi connectivity index (χ0n) is 12.2. The van der Waals surface area contributed by atoms with E-state index >= 15 is 0 Å². The molecule has 6 heteroatoms. The van der Waals surface area contributed by atoms with Crippen LogP contribution in [0.1, 0.15) is 34.5 Å². The zero-order chi connectivity index (χ0) is 15.0. The van der Waals surface area contributed by atoms with Crippen molar-refractivity contribution in [2.45, 2.75) is 26.7 Å². The van der Waals surface area contributed by atoms with Crippen LogP contribution in [-0.2, 0) is 0 Å². The summed E-state index contributed by atoms with van der Waals surface area (Å²) < 4.78 is 0. The lowest BCUT2D eigenvalue weighted by molar-refractivity contribution is 0.0690. The second kappa shape index (κ2) is 5.20. The monoisotopic (exact) mass is 286 g/mol. The topological polar surface area (TPSA) is 71.2 Å². The molecule has 0 atom stereocenters. The quantitative estimate of drug-likeness (QED) is 0.936. The largest absolute Gasteiger partial charge is 0.476 e. The molecule has 2 aromatic rings. The first-order valence-electron chi connectivity index (χ1n) is 7.09. The molecule has 1 fully saturated rings. The molecule has 0 aliphatic carbocycles. The second-order valence-corrected chi connectivity index (χ2v) is 5.51. The Labute approximate surface area is 123 Å². The fourth-order valence-electron chi connectivity index (χ4n) is 2.76. The third-order valence-electron chi connectivity index (χ3n) is 3.64. The summed E-state index contributed by atoms with van der Waals surface area (Å²) in [5, 5.41) is 17.9. The zero-order valence-corrected chi connectivity index (χ0v) is 12.2. The predicted molar refractivity (Wildman–Crippen MR) is 79.2 cm³/mol. The van der Waals surface area contributed by atoms with Crippen molar-refractivity contribution >= 4 is 11.8 Å². The number of rotatable bonds is 3. The van der Waals surface area contributed by atoms with Gasteiger partial charge in [0.1, 0.15) is 0 Å². The van der Waals surface area contributed by atoms with Crippen LogP contribution in [0.2, 0.25) is 0 Å². The van der Waals surface area contributed by atoms with Crippen molar-refractivity contribution in [3.63, 3.8) is 0 Å². The number of hydrogen-bond donors (Lipinski definition) is 1. The Balaban J connectivity index is 2.07. The van der Waals surface area contributed by atoms with Crippen molar-refractivity contribution in [1.82, 2.24) is 15.0 Å². The van der Waals surface area contributed by atoms with E-state index in [-0.39, 0.29) is 5.69 Å². The van der Waals surface area contributed by atoms with Crippen molar-refractivity contribution in [1.29, 1.82) is 0 Å². The van der Waals surface area contributed by atoms with E-state index in [1.807, 2.05) is 30.9 Å². The van der Waals surface area contributed by atoms with Gasteiger partial charge in [0.2, 0.25) is 5.69 Å². The van der Waals surface area contributed by atoms with Crippen molar-refractivity contribution in [2.24, 2.45) is 0 Å². The van der Waals surface area contributed by atoms with Crippen LogP contribution in [0, 0.1) is 13.8 Å². The lowest BCUT2D eigenvalue weighted by Gasteiger charge is -2.13. The molecule has 0 saturated carbocycles. The first-order valence-corrected chi connectivity index (χ1v) is 7.09. The summed E-state index contributed by atoms with van der Waals surface area (Å²) in [5.74, 6) is -0.563. The van der Waals surface area contributed by atoms with Gasteiger partial charge in [-0.25, -0.2) is 4.79 Å². The van der Waals surface area contributed by atoms with Gasteiger partial charge in [-0.3, -0.25) is 0 Å². The molecule has 0 spiro atoms. The summed E-state index contributed by atoms with van der Waals surface area (Å²) in [5.41, 5.74) is 3.01. The standard InChI is InChI=1S/C15H18N4O2/c1-10-7-11(2)9-12(8-10)19-16-13(15(20)21)14(17-19)18-5-3-4-6-18/h7-9H,3-6H2,1-2H3,(H,20,21). The number of carboxylic acids is 1. The molecule has 0 unspecified atom stereocenters. The summed E-state index contributed by atoms with van der Waals surface area (Å²) >= 11 is 0. The average molecular weight is 286 g/mol. The molecular formula is C15H18N4O2. The van der Waals surface area contributed by atoms with Gasteiger partial charge in [-0.1, -0.05) is 6.07 Å². The Morgan fingerprint density at radius 1 is 1.10 bits per heavy atom. The van der Waals surface area contributed by atoms with Crippen LogP contribution >= 0.6 is 0 Å². The molecule has 1 aromatic carbocycles. The van der Waals surface area contributed by atoms with Crippen LogP contribution in [0.15, 0.2) is 18.2 Å². The number of benzene rings is 1. The minimum absolute atomic E-state index is 0.0241. The number of carbonyl (C=O) groups is 1. The first-order chi connectivity index (χ1) is 10.0. The highest BCUT2D eigenvalue weighted by atomic mass is 16.4. The molecule has 1 saturated heterocycles. The second-order valence-electron chi connectivity index (χ2n) is 5.51. The maximum absolute atomic E-state index is 11.4. The number of anilines is 1. The molecule has 3 rings (SSSR count). The van der Waals surface area contributed by atoms with Gasteiger partial charge in [-0.15, -0.1) is 15.0 Å². The van der Waals surface area contributed by atoms with Gasteiger partial charge in [0, 0.05) is 13.1 Å². The molecule has 1 aliphatic heterocycles. The Morgan fingerprint density at radius 3 is 2.29 bits per heavy atom. The normalized spacial score (nSPS) is 14.7. The number of aromatic nitrogens is 3. The van der Waals surface area contributed by atoms with Crippen LogP contribution in [0.5, 0.6) is 0 Å². The molecule has 0 amide bonds. The van der Waals surface area contributed by atoms with Gasteiger partial charge in [-0.2, -0.15) is 0 Å². The highest BCUT2D eigenvalue weighted by Gasteiger charge is 2.25. The fourth-order valence-corrected chi connectivity index (χ4v) is 2.76. The number of carboxylic acid groups (broad SMARTS) is 1. The molecule has 2 heterocycles. The van der Waals surface area contributed by atoms with Crippen LogP contribution in [-0.4, -0.2) is 39.2 Å². The summed E-state index contributed by atoms with van der Waals surface area (Å²) in [6, 6.07) is 5.96. The molecule has 1 aromatic heterocycles. The Morgan fingerprint density at radius 2 is 1.71 bits per heavy atom. The van der Waals surface area contributed by atoms with Gasteiger partial charge in [0.05, 0.1) is 5.69 Å². The van der Waals surface area contributed by atoms with Crippen molar-refractivity contribution in [3.05, 3.63) is 35.0 Å². The van der Waals surface area contributed by atoms with E-state index in [0.29, 0.717) is 5.82 Å². The smallest absolute Gasteiger partial charge is 0.360 e. The molecule has 21 heavy (non-hydrogen) atoms. The third kappa shape index (κ3) is 2.61. The summed E-state index contributed by atoms with van der Waals surface area (Å²) in [6.45, 7) is 5.68. The van der Waals surface area contributed by atoms with Gasteiger partial charge < -0.3 is 10.0 Å². The van der Waals surface area contributed by atoms with E-state index in [1.165, 1.54) is 4.80 Å². The minimum atomic E-state index is -1.03. The number of aromatic carboxylic acids is 1. The molecule has 6 nitrogen and oxygen atoms in total. The maximum atomic E-state index is 11.4. The van der Waals surface area contributed by atoms with Gasteiger partial charge in [-0.05, 0) is 49.9 Å². The number of nitrogens with zero attached hydrogens (tertiary/aromatic N) is 4. The van der Waals surface area contributed by atoms with E-state index in [9.17, 15) is 9.90 Å². The van der Waals surface area contributed by atoms with Crippen molar-refractivity contribution < 1.29 is 9.90 Å². The molecule has 0 bridgehead atoms. The van der Waals surface area contributed by atoms with Gasteiger partial charge in [0.15, 0.2) is 5.82 Å². The SMILES string of the molecule is Cc1cc(C)cc(-n2nc(C(=O)O)c(N3CCCC3)n2)c1. The molecule has 110 valence electrons. The van der Waals surface area contributed by atoms with Crippen molar-refractivity contribution in [3.8, 4) is 5.69 Å². The molecular weight excluding hydrogens is 268 g/mol. The predicted octanol–water partition coefficient (Wildman–Crippen LogP) is 2.18. The minimum Gasteiger partial charge on any atom is -0.476 e. The highest BCUT2D eigenvalue weighted by Crippen LogP contribution is 2.23. The van der Waals surface area contributed by atoms with Crippen molar-refractivity contribution in [2.75, 3.05) is 18.0 Å². The van der Waals surface area contributed by atoms with Crippen LogP contribution in [0.4, 0.5) is 5.82 Å².